The SMILES string of the molecule is COc1ccc(C2=CC(C)CCC2C(C)C)cc1. The quantitative estimate of drug-likeness (QED) is 0.743. The summed E-state index contributed by atoms with van der Waals surface area (Å²) >= 11 is 0. The molecule has 1 heteroatoms. The Bertz CT molecular complexity index is 414. The van der Waals surface area contributed by atoms with Gasteiger partial charge >= 0.3 is 0 Å². The molecule has 1 nitrogen and oxygen atoms in total. The van der Waals surface area contributed by atoms with E-state index in [1.54, 1.807) is 7.11 Å². The highest BCUT2D eigenvalue weighted by molar-refractivity contribution is 5.69. The lowest BCUT2D eigenvalue weighted by Crippen LogP contribution is -2.17. The van der Waals surface area contributed by atoms with Crippen LogP contribution in [0, 0.1) is 17.8 Å². The Balaban J connectivity index is 2.31. The second kappa shape index (κ2) is 5.60. The van der Waals surface area contributed by atoms with Gasteiger partial charge in [-0.05, 0) is 53.9 Å². The van der Waals surface area contributed by atoms with Crippen molar-refractivity contribution in [3.05, 3.63) is 35.9 Å². The Hall–Kier alpha value is -1.24. The van der Waals surface area contributed by atoms with Crippen molar-refractivity contribution in [2.75, 3.05) is 7.11 Å². The summed E-state index contributed by atoms with van der Waals surface area (Å²) in [4.78, 5) is 0. The molecule has 2 atom stereocenters. The van der Waals surface area contributed by atoms with E-state index in [-0.39, 0.29) is 0 Å². The van der Waals surface area contributed by atoms with Crippen molar-refractivity contribution in [3.8, 4) is 5.75 Å². The molecule has 18 heavy (non-hydrogen) atoms. The van der Waals surface area contributed by atoms with E-state index in [1.165, 1.54) is 24.0 Å². The van der Waals surface area contributed by atoms with Crippen LogP contribution < -0.4 is 4.74 Å². The maximum absolute atomic E-state index is 5.23. The molecular weight excluding hydrogens is 220 g/mol. The van der Waals surface area contributed by atoms with Crippen molar-refractivity contribution >= 4 is 5.57 Å². The lowest BCUT2D eigenvalue weighted by atomic mass is 9.75. The number of ether oxygens (including phenoxy) is 1. The van der Waals surface area contributed by atoms with Gasteiger partial charge in [0.15, 0.2) is 0 Å². The first-order chi connectivity index (χ1) is 8.61. The molecule has 0 amide bonds. The molecule has 0 saturated heterocycles. The fourth-order valence-electron chi connectivity index (χ4n) is 2.90. The number of hydrogen-bond donors (Lipinski definition) is 0. The van der Waals surface area contributed by atoms with Gasteiger partial charge in [-0.25, -0.2) is 0 Å². The van der Waals surface area contributed by atoms with E-state index in [2.05, 4.69) is 51.1 Å². The lowest BCUT2D eigenvalue weighted by Gasteiger charge is -2.30. The summed E-state index contributed by atoms with van der Waals surface area (Å²) in [6.07, 6.45) is 5.11. The van der Waals surface area contributed by atoms with Crippen LogP contribution in [-0.4, -0.2) is 7.11 Å². The van der Waals surface area contributed by atoms with Crippen LogP contribution in [0.25, 0.3) is 5.57 Å². The molecule has 1 aliphatic carbocycles. The van der Waals surface area contributed by atoms with Crippen LogP contribution in [0.1, 0.15) is 39.2 Å². The zero-order valence-corrected chi connectivity index (χ0v) is 11.9. The predicted octanol–water partition coefficient (Wildman–Crippen LogP) is 4.78. The van der Waals surface area contributed by atoms with Crippen molar-refractivity contribution in [1.29, 1.82) is 0 Å². The molecule has 0 fully saturated rings. The third-order valence-corrected chi connectivity index (χ3v) is 4.02. The van der Waals surface area contributed by atoms with Gasteiger partial charge < -0.3 is 4.74 Å². The van der Waals surface area contributed by atoms with Gasteiger partial charge in [0, 0.05) is 0 Å². The highest BCUT2D eigenvalue weighted by Gasteiger charge is 2.24. The maximum atomic E-state index is 5.23. The topological polar surface area (TPSA) is 9.23 Å². The summed E-state index contributed by atoms with van der Waals surface area (Å²) in [5.74, 6) is 3.06. The number of methoxy groups -OCH3 is 1. The molecule has 2 rings (SSSR count). The number of rotatable bonds is 3. The van der Waals surface area contributed by atoms with E-state index in [0.717, 1.165) is 5.75 Å². The van der Waals surface area contributed by atoms with Gasteiger partial charge in [0.2, 0.25) is 0 Å². The standard InChI is InChI=1S/C17H24O/c1-12(2)16-10-5-13(3)11-17(16)14-6-8-15(18-4)9-7-14/h6-9,11-13,16H,5,10H2,1-4H3. The van der Waals surface area contributed by atoms with Crippen LogP contribution in [0.5, 0.6) is 5.75 Å². The van der Waals surface area contributed by atoms with E-state index in [0.29, 0.717) is 17.8 Å². The molecule has 0 spiro atoms. The molecule has 0 radical (unpaired) electrons. The van der Waals surface area contributed by atoms with Gasteiger partial charge in [0.25, 0.3) is 0 Å². The van der Waals surface area contributed by atoms with Gasteiger partial charge in [0.1, 0.15) is 5.75 Å². The van der Waals surface area contributed by atoms with Crippen molar-refractivity contribution in [2.24, 2.45) is 17.8 Å². The molecule has 98 valence electrons. The summed E-state index contributed by atoms with van der Waals surface area (Å²) in [7, 11) is 1.72. The minimum atomic E-state index is 0.703. The first-order valence-corrected chi connectivity index (χ1v) is 6.98. The van der Waals surface area contributed by atoms with Gasteiger partial charge in [-0.3, -0.25) is 0 Å². The van der Waals surface area contributed by atoms with Gasteiger partial charge in [-0.15, -0.1) is 0 Å². The lowest BCUT2D eigenvalue weighted by molar-refractivity contribution is 0.397. The van der Waals surface area contributed by atoms with Crippen LogP contribution in [0.15, 0.2) is 30.3 Å². The van der Waals surface area contributed by atoms with Crippen molar-refractivity contribution in [3.63, 3.8) is 0 Å². The minimum absolute atomic E-state index is 0.703. The molecule has 0 bridgehead atoms. The molecule has 0 heterocycles. The van der Waals surface area contributed by atoms with E-state index in [9.17, 15) is 0 Å². The first-order valence-electron chi connectivity index (χ1n) is 6.98. The molecule has 0 aliphatic heterocycles. The number of benzene rings is 1. The summed E-state index contributed by atoms with van der Waals surface area (Å²) in [5.41, 5.74) is 2.90. The molecule has 1 aliphatic rings. The largest absolute Gasteiger partial charge is 0.497 e. The normalized spacial score (nSPS) is 23.9. The van der Waals surface area contributed by atoms with Crippen molar-refractivity contribution < 1.29 is 4.74 Å². The Morgan fingerprint density at radius 1 is 1.11 bits per heavy atom. The van der Waals surface area contributed by atoms with Crippen LogP contribution in [0.3, 0.4) is 0 Å². The highest BCUT2D eigenvalue weighted by Crippen LogP contribution is 2.39. The zero-order chi connectivity index (χ0) is 13.1. The van der Waals surface area contributed by atoms with Crippen LogP contribution in [0.2, 0.25) is 0 Å². The van der Waals surface area contributed by atoms with Gasteiger partial charge in [0.05, 0.1) is 7.11 Å². The second-order valence-electron chi connectivity index (χ2n) is 5.76. The third-order valence-electron chi connectivity index (χ3n) is 4.02. The molecule has 1 aromatic rings. The molecule has 0 aromatic heterocycles. The number of allylic oxidation sites excluding steroid dienone is 2. The van der Waals surface area contributed by atoms with E-state index in [1.807, 2.05) is 0 Å². The average molecular weight is 244 g/mol. The van der Waals surface area contributed by atoms with Gasteiger partial charge in [-0.2, -0.15) is 0 Å². The Morgan fingerprint density at radius 2 is 1.78 bits per heavy atom. The first kappa shape index (κ1) is 13.2. The number of hydrogen-bond acceptors (Lipinski definition) is 1. The summed E-state index contributed by atoms with van der Waals surface area (Å²) in [6.45, 7) is 6.98. The molecule has 2 unspecified atom stereocenters. The Kier molecular flexibility index (Phi) is 4.11. The summed E-state index contributed by atoms with van der Waals surface area (Å²) < 4.78 is 5.23. The van der Waals surface area contributed by atoms with E-state index in [4.69, 9.17) is 4.74 Å². The predicted molar refractivity (Wildman–Crippen MR) is 77.7 cm³/mol. The second-order valence-corrected chi connectivity index (χ2v) is 5.76. The molecule has 0 saturated carbocycles. The maximum Gasteiger partial charge on any atom is 0.118 e. The van der Waals surface area contributed by atoms with Gasteiger partial charge in [-0.1, -0.05) is 39.0 Å². The Morgan fingerprint density at radius 3 is 2.33 bits per heavy atom. The zero-order valence-electron chi connectivity index (χ0n) is 11.9. The Labute approximate surface area is 111 Å². The van der Waals surface area contributed by atoms with E-state index >= 15 is 0 Å². The molecule has 1 aromatic carbocycles. The van der Waals surface area contributed by atoms with Crippen LogP contribution in [0.4, 0.5) is 0 Å². The highest BCUT2D eigenvalue weighted by atomic mass is 16.5. The summed E-state index contributed by atoms with van der Waals surface area (Å²) in [6, 6.07) is 8.51. The van der Waals surface area contributed by atoms with E-state index < -0.39 is 0 Å². The third kappa shape index (κ3) is 2.77. The fraction of sp³-hybridized carbons (Fsp3) is 0.529. The summed E-state index contributed by atoms with van der Waals surface area (Å²) in [5, 5.41) is 0. The average Bonchev–Trinajstić information content (AvgIpc) is 2.38. The molecular formula is C17H24O. The van der Waals surface area contributed by atoms with Crippen molar-refractivity contribution in [2.45, 2.75) is 33.6 Å². The van der Waals surface area contributed by atoms with Crippen LogP contribution in [-0.2, 0) is 0 Å². The smallest absolute Gasteiger partial charge is 0.118 e. The minimum Gasteiger partial charge on any atom is -0.497 e. The monoisotopic (exact) mass is 244 g/mol. The fourth-order valence-corrected chi connectivity index (χ4v) is 2.90. The molecule has 0 N–H and O–H groups in total. The van der Waals surface area contributed by atoms with Crippen LogP contribution >= 0.6 is 0 Å². The van der Waals surface area contributed by atoms with Crippen molar-refractivity contribution in [1.82, 2.24) is 0 Å².